The van der Waals surface area contributed by atoms with Crippen LogP contribution < -0.4 is 10.6 Å². The standard InChI is InChI=1S/C20H23N5O3S/c1-15(18-7-9-19(10-8-18)29(2,27)28)24-20(26)22-11-16-3-5-17(6-4-16)12-25-14-21-13-23-25/h3-10,13-15H,11-12H2,1-2H3,(H2,22,24,26). The van der Waals surface area contributed by atoms with Crippen molar-refractivity contribution in [3.8, 4) is 0 Å². The minimum absolute atomic E-state index is 0.255. The molecular weight excluding hydrogens is 390 g/mol. The second-order valence-corrected chi connectivity index (χ2v) is 8.82. The van der Waals surface area contributed by atoms with Crippen LogP contribution >= 0.6 is 0 Å². The van der Waals surface area contributed by atoms with E-state index < -0.39 is 9.84 Å². The summed E-state index contributed by atoms with van der Waals surface area (Å²) in [6, 6.07) is 13.8. The van der Waals surface area contributed by atoms with Gasteiger partial charge in [0.2, 0.25) is 0 Å². The fourth-order valence-corrected chi connectivity index (χ4v) is 3.41. The molecule has 8 nitrogen and oxygen atoms in total. The highest BCUT2D eigenvalue weighted by Crippen LogP contribution is 2.16. The van der Waals surface area contributed by atoms with Gasteiger partial charge in [-0.15, -0.1) is 0 Å². The number of nitrogens with zero attached hydrogens (tertiary/aromatic N) is 3. The minimum Gasteiger partial charge on any atom is -0.334 e. The maximum atomic E-state index is 12.2. The second kappa shape index (κ2) is 8.87. The Kier molecular flexibility index (Phi) is 6.28. The van der Waals surface area contributed by atoms with Gasteiger partial charge in [0, 0.05) is 12.8 Å². The van der Waals surface area contributed by atoms with Crippen molar-refractivity contribution in [1.82, 2.24) is 25.4 Å². The topological polar surface area (TPSA) is 106 Å². The van der Waals surface area contributed by atoms with E-state index in [1.807, 2.05) is 31.2 Å². The molecule has 3 rings (SSSR count). The average molecular weight is 414 g/mol. The number of hydrogen-bond acceptors (Lipinski definition) is 5. The van der Waals surface area contributed by atoms with E-state index >= 15 is 0 Å². The summed E-state index contributed by atoms with van der Waals surface area (Å²) >= 11 is 0. The molecule has 3 aromatic rings. The Balaban J connectivity index is 1.49. The summed E-state index contributed by atoms with van der Waals surface area (Å²) < 4.78 is 24.8. The van der Waals surface area contributed by atoms with Crippen LogP contribution in [0.4, 0.5) is 4.79 Å². The Labute approximate surface area is 169 Å². The summed E-state index contributed by atoms with van der Waals surface area (Å²) in [4.78, 5) is 16.3. The number of urea groups is 1. The first-order valence-corrected chi connectivity index (χ1v) is 10.9. The van der Waals surface area contributed by atoms with E-state index in [0.29, 0.717) is 13.1 Å². The number of sulfone groups is 1. The van der Waals surface area contributed by atoms with E-state index in [4.69, 9.17) is 0 Å². The van der Waals surface area contributed by atoms with E-state index in [9.17, 15) is 13.2 Å². The van der Waals surface area contributed by atoms with E-state index in [1.165, 1.54) is 6.33 Å². The highest BCUT2D eigenvalue weighted by molar-refractivity contribution is 7.90. The van der Waals surface area contributed by atoms with Crippen molar-refractivity contribution in [1.29, 1.82) is 0 Å². The second-order valence-electron chi connectivity index (χ2n) is 6.80. The monoisotopic (exact) mass is 413 g/mol. The van der Waals surface area contributed by atoms with Crippen LogP contribution in [-0.4, -0.2) is 35.5 Å². The molecule has 0 saturated carbocycles. The Morgan fingerprint density at radius 2 is 1.72 bits per heavy atom. The molecule has 2 N–H and O–H groups in total. The van der Waals surface area contributed by atoms with Gasteiger partial charge >= 0.3 is 6.03 Å². The molecule has 29 heavy (non-hydrogen) atoms. The number of amides is 2. The van der Waals surface area contributed by atoms with Crippen LogP contribution in [0.25, 0.3) is 0 Å². The molecule has 0 saturated heterocycles. The van der Waals surface area contributed by atoms with Crippen LogP contribution in [-0.2, 0) is 22.9 Å². The molecular formula is C20H23N5O3S. The number of benzene rings is 2. The van der Waals surface area contributed by atoms with Crippen LogP contribution in [0, 0.1) is 0 Å². The number of carbonyl (C=O) groups excluding carboxylic acids is 1. The van der Waals surface area contributed by atoms with Gasteiger partial charge in [0.15, 0.2) is 9.84 Å². The molecule has 0 aliphatic carbocycles. The van der Waals surface area contributed by atoms with Gasteiger partial charge < -0.3 is 10.6 Å². The van der Waals surface area contributed by atoms with E-state index in [1.54, 1.807) is 35.3 Å². The maximum Gasteiger partial charge on any atom is 0.315 e. The van der Waals surface area contributed by atoms with Crippen molar-refractivity contribution in [2.75, 3.05) is 6.26 Å². The molecule has 0 bridgehead atoms. The molecule has 1 atom stereocenters. The first-order chi connectivity index (χ1) is 13.8. The molecule has 152 valence electrons. The zero-order chi connectivity index (χ0) is 20.9. The fraction of sp³-hybridized carbons (Fsp3) is 0.250. The van der Waals surface area contributed by atoms with Crippen molar-refractivity contribution in [2.45, 2.75) is 31.0 Å². The van der Waals surface area contributed by atoms with Gasteiger partial charge in [-0.3, -0.25) is 0 Å². The third-order valence-electron chi connectivity index (χ3n) is 4.44. The molecule has 9 heteroatoms. The van der Waals surface area contributed by atoms with Crippen LogP contribution in [0.1, 0.15) is 29.7 Å². The summed E-state index contributed by atoms with van der Waals surface area (Å²) in [5.41, 5.74) is 2.90. The number of rotatable bonds is 7. The predicted octanol–water partition coefficient (Wildman–Crippen LogP) is 2.29. The third-order valence-corrected chi connectivity index (χ3v) is 5.57. The summed E-state index contributed by atoms with van der Waals surface area (Å²) in [6.07, 6.45) is 4.33. The molecule has 0 radical (unpaired) electrons. The van der Waals surface area contributed by atoms with Crippen molar-refractivity contribution in [2.24, 2.45) is 0 Å². The Hall–Kier alpha value is -3.20. The number of aromatic nitrogens is 3. The van der Waals surface area contributed by atoms with E-state index in [-0.39, 0.29) is 17.0 Å². The van der Waals surface area contributed by atoms with Crippen molar-refractivity contribution in [3.63, 3.8) is 0 Å². The summed E-state index contributed by atoms with van der Waals surface area (Å²) in [5, 5.41) is 9.75. The van der Waals surface area contributed by atoms with E-state index in [0.717, 1.165) is 22.9 Å². The zero-order valence-corrected chi connectivity index (χ0v) is 17.1. The Morgan fingerprint density at radius 3 is 2.31 bits per heavy atom. The highest BCUT2D eigenvalue weighted by Gasteiger charge is 2.11. The average Bonchev–Trinajstić information content (AvgIpc) is 3.20. The molecule has 2 amide bonds. The first-order valence-electron chi connectivity index (χ1n) is 9.06. The van der Waals surface area contributed by atoms with Crippen LogP contribution in [0.2, 0.25) is 0 Å². The van der Waals surface area contributed by atoms with Gasteiger partial charge in [0.25, 0.3) is 0 Å². The van der Waals surface area contributed by atoms with Gasteiger partial charge in [0.1, 0.15) is 12.7 Å². The molecule has 0 aliphatic heterocycles. The quantitative estimate of drug-likeness (QED) is 0.618. The molecule has 1 unspecified atom stereocenters. The Bertz CT molecular complexity index is 1050. The van der Waals surface area contributed by atoms with Crippen molar-refractivity contribution < 1.29 is 13.2 Å². The lowest BCUT2D eigenvalue weighted by Gasteiger charge is -2.15. The number of nitrogens with one attached hydrogen (secondary N) is 2. The molecule has 1 aromatic heterocycles. The smallest absolute Gasteiger partial charge is 0.315 e. The molecule has 0 aliphatic rings. The van der Waals surface area contributed by atoms with Crippen LogP contribution in [0.3, 0.4) is 0 Å². The highest BCUT2D eigenvalue weighted by atomic mass is 32.2. The minimum atomic E-state index is -3.23. The molecule has 0 fully saturated rings. The largest absolute Gasteiger partial charge is 0.334 e. The lowest BCUT2D eigenvalue weighted by atomic mass is 10.1. The van der Waals surface area contributed by atoms with Gasteiger partial charge in [-0.2, -0.15) is 5.10 Å². The molecule has 0 spiro atoms. The fourth-order valence-electron chi connectivity index (χ4n) is 2.78. The van der Waals surface area contributed by atoms with Crippen LogP contribution in [0.15, 0.2) is 66.1 Å². The molecule has 2 aromatic carbocycles. The Morgan fingerprint density at radius 1 is 1.07 bits per heavy atom. The lowest BCUT2D eigenvalue weighted by Crippen LogP contribution is -2.36. The SMILES string of the molecule is CC(NC(=O)NCc1ccc(Cn2cncn2)cc1)c1ccc(S(C)(=O)=O)cc1. The maximum absolute atomic E-state index is 12.2. The van der Waals surface area contributed by atoms with Crippen LogP contribution in [0.5, 0.6) is 0 Å². The van der Waals surface area contributed by atoms with Gasteiger partial charge in [-0.05, 0) is 35.7 Å². The number of carbonyl (C=O) groups is 1. The summed E-state index contributed by atoms with van der Waals surface area (Å²) in [5.74, 6) is 0. The van der Waals surface area contributed by atoms with Crippen molar-refractivity contribution >= 4 is 15.9 Å². The first kappa shape index (κ1) is 20.5. The van der Waals surface area contributed by atoms with Crippen molar-refractivity contribution in [3.05, 3.63) is 77.9 Å². The van der Waals surface area contributed by atoms with E-state index in [2.05, 4.69) is 20.7 Å². The third kappa shape index (κ3) is 5.89. The summed E-state index contributed by atoms with van der Waals surface area (Å²) in [6.45, 7) is 2.88. The van der Waals surface area contributed by atoms with Gasteiger partial charge in [-0.1, -0.05) is 36.4 Å². The predicted molar refractivity (Wildman–Crippen MR) is 109 cm³/mol. The van der Waals surface area contributed by atoms with Gasteiger partial charge in [-0.25, -0.2) is 22.9 Å². The number of hydrogen-bond donors (Lipinski definition) is 2. The lowest BCUT2D eigenvalue weighted by molar-refractivity contribution is 0.237. The molecule has 1 heterocycles. The zero-order valence-electron chi connectivity index (χ0n) is 16.2. The van der Waals surface area contributed by atoms with Gasteiger partial charge in [0.05, 0.1) is 17.5 Å². The normalized spacial score (nSPS) is 12.3. The summed E-state index contributed by atoms with van der Waals surface area (Å²) in [7, 11) is -3.23.